The summed E-state index contributed by atoms with van der Waals surface area (Å²) in [4.78, 5) is 12.6. The third-order valence-electron chi connectivity index (χ3n) is 5.20. The lowest BCUT2D eigenvalue weighted by Gasteiger charge is -2.26. The monoisotopic (exact) mass is 398 g/mol. The molecule has 3 aromatic rings. The van der Waals surface area contributed by atoms with Gasteiger partial charge in [0.05, 0.1) is 24.8 Å². The Hall–Kier alpha value is -3.62. The lowest BCUT2D eigenvalue weighted by Crippen LogP contribution is -2.24. The molecule has 1 atom stereocenters. The highest BCUT2D eigenvalue weighted by molar-refractivity contribution is 6.04. The lowest BCUT2D eigenvalue weighted by molar-refractivity contribution is 0.00840. The maximum absolute atomic E-state index is 12.6. The van der Waals surface area contributed by atoms with Crippen LogP contribution in [0.5, 0.6) is 5.75 Å². The molecule has 5 nitrogen and oxygen atoms in total. The van der Waals surface area contributed by atoms with E-state index >= 15 is 0 Å². The molecule has 1 aliphatic heterocycles. The summed E-state index contributed by atoms with van der Waals surface area (Å²) in [5, 5.41) is 11.7. The number of carbonyl (C=O) groups is 1. The molecule has 0 saturated carbocycles. The third-order valence-corrected chi connectivity index (χ3v) is 5.20. The van der Waals surface area contributed by atoms with Gasteiger partial charge in [0.15, 0.2) is 0 Å². The fourth-order valence-corrected chi connectivity index (χ4v) is 3.28. The van der Waals surface area contributed by atoms with Crippen molar-refractivity contribution in [3.8, 4) is 11.8 Å². The molecule has 0 radical (unpaired) electrons. The van der Waals surface area contributed by atoms with Crippen molar-refractivity contribution < 1.29 is 14.3 Å². The number of carbonyl (C=O) groups excluding carboxylic acids is 1. The molecule has 0 spiro atoms. The minimum absolute atomic E-state index is 0.145. The van der Waals surface area contributed by atoms with Crippen molar-refractivity contribution in [2.75, 3.05) is 18.5 Å². The Kier molecular flexibility index (Phi) is 5.78. The van der Waals surface area contributed by atoms with Gasteiger partial charge in [-0.1, -0.05) is 30.3 Å². The predicted molar refractivity (Wildman–Crippen MR) is 115 cm³/mol. The van der Waals surface area contributed by atoms with Gasteiger partial charge in [0.1, 0.15) is 11.9 Å². The normalized spacial score (nSPS) is 14.3. The molecule has 0 aliphatic carbocycles. The van der Waals surface area contributed by atoms with Gasteiger partial charge in [-0.05, 0) is 60.5 Å². The van der Waals surface area contributed by atoms with E-state index in [1.54, 1.807) is 42.5 Å². The Balaban J connectivity index is 1.40. The van der Waals surface area contributed by atoms with E-state index in [1.165, 1.54) is 5.56 Å². The topological polar surface area (TPSA) is 71.3 Å². The van der Waals surface area contributed by atoms with Gasteiger partial charge < -0.3 is 14.8 Å². The Labute approximate surface area is 175 Å². The molecule has 0 aromatic heterocycles. The quantitative estimate of drug-likeness (QED) is 0.630. The van der Waals surface area contributed by atoms with Crippen LogP contribution in [-0.4, -0.2) is 19.1 Å². The zero-order valence-corrected chi connectivity index (χ0v) is 16.7. The molecule has 1 unspecified atom stereocenters. The van der Waals surface area contributed by atoms with Crippen molar-refractivity contribution in [1.29, 1.82) is 5.26 Å². The molecule has 1 amide bonds. The number of rotatable bonds is 6. The maximum atomic E-state index is 12.6. The molecule has 30 heavy (non-hydrogen) atoms. The first-order valence-corrected chi connectivity index (χ1v) is 9.88. The summed E-state index contributed by atoms with van der Waals surface area (Å²) < 4.78 is 11.3. The number of benzene rings is 3. The average molecular weight is 398 g/mol. The Morgan fingerprint density at radius 2 is 1.83 bits per heavy atom. The van der Waals surface area contributed by atoms with Gasteiger partial charge in [-0.3, -0.25) is 4.79 Å². The molecule has 0 bridgehead atoms. The molecular formula is C25H22N2O3. The van der Waals surface area contributed by atoms with Crippen LogP contribution in [0.1, 0.15) is 46.0 Å². The van der Waals surface area contributed by atoms with Crippen molar-refractivity contribution in [2.24, 2.45) is 0 Å². The van der Waals surface area contributed by atoms with Crippen LogP contribution in [0.4, 0.5) is 5.69 Å². The number of hydrogen-bond donors (Lipinski definition) is 1. The van der Waals surface area contributed by atoms with Crippen LogP contribution in [0.15, 0.2) is 72.8 Å². The maximum Gasteiger partial charge on any atom is 0.255 e. The SMILES string of the molecule is CC(Oc1cccc(C(=O)Nc2ccc(C#N)cc2)c1)c1ccc(C2COC2)cc1. The van der Waals surface area contributed by atoms with Crippen LogP contribution in [0.2, 0.25) is 0 Å². The van der Waals surface area contributed by atoms with Crippen molar-refractivity contribution in [1.82, 2.24) is 0 Å². The van der Waals surface area contributed by atoms with E-state index in [2.05, 4.69) is 35.7 Å². The van der Waals surface area contributed by atoms with Gasteiger partial charge in [0.25, 0.3) is 5.91 Å². The first-order chi connectivity index (χ1) is 14.6. The van der Waals surface area contributed by atoms with E-state index in [1.807, 2.05) is 13.0 Å². The van der Waals surface area contributed by atoms with Crippen molar-refractivity contribution in [3.63, 3.8) is 0 Å². The van der Waals surface area contributed by atoms with E-state index < -0.39 is 0 Å². The molecule has 3 aromatic carbocycles. The summed E-state index contributed by atoms with van der Waals surface area (Å²) in [5.41, 5.74) is 4.05. The van der Waals surface area contributed by atoms with Crippen LogP contribution in [0.25, 0.3) is 0 Å². The molecule has 1 heterocycles. The second kappa shape index (κ2) is 8.81. The largest absolute Gasteiger partial charge is 0.486 e. The number of amides is 1. The Morgan fingerprint density at radius 3 is 2.47 bits per heavy atom. The number of anilines is 1. The molecule has 5 heteroatoms. The van der Waals surface area contributed by atoms with Gasteiger partial charge in [0.2, 0.25) is 0 Å². The summed E-state index contributed by atoms with van der Waals surface area (Å²) in [7, 11) is 0. The van der Waals surface area contributed by atoms with Gasteiger partial charge in [-0.2, -0.15) is 5.26 Å². The number of ether oxygens (including phenoxy) is 2. The van der Waals surface area contributed by atoms with E-state index in [4.69, 9.17) is 14.7 Å². The van der Waals surface area contributed by atoms with E-state index in [0.29, 0.717) is 28.5 Å². The zero-order chi connectivity index (χ0) is 20.9. The van der Waals surface area contributed by atoms with Crippen molar-refractivity contribution in [3.05, 3.63) is 95.1 Å². The summed E-state index contributed by atoms with van der Waals surface area (Å²) in [5.74, 6) is 0.901. The van der Waals surface area contributed by atoms with E-state index in [9.17, 15) is 4.79 Å². The standard InChI is InChI=1S/C25H22N2O3/c1-17(19-7-9-20(10-8-19)22-15-29-16-22)30-24-4-2-3-21(13-24)25(28)27-23-11-5-18(14-26)6-12-23/h2-13,17,22H,15-16H2,1H3,(H,27,28). The van der Waals surface area contributed by atoms with Crippen LogP contribution >= 0.6 is 0 Å². The smallest absolute Gasteiger partial charge is 0.255 e. The zero-order valence-electron chi connectivity index (χ0n) is 16.7. The van der Waals surface area contributed by atoms with Gasteiger partial charge in [0, 0.05) is 17.2 Å². The molecule has 1 fully saturated rings. The number of nitrogens with zero attached hydrogens (tertiary/aromatic N) is 1. The molecule has 1 aliphatic rings. The fourth-order valence-electron chi connectivity index (χ4n) is 3.28. The van der Waals surface area contributed by atoms with Crippen LogP contribution in [-0.2, 0) is 4.74 Å². The molecule has 4 rings (SSSR count). The van der Waals surface area contributed by atoms with Gasteiger partial charge >= 0.3 is 0 Å². The predicted octanol–water partition coefficient (Wildman–Crippen LogP) is 5.06. The highest BCUT2D eigenvalue weighted by atomic mass is 16.5. The summed E-state index contributed by atoms with van der Waals surface area (Å²) in [6.07, 6.45) is -0.145. The molecule has 1 saturated heterocycles. The van der Waals surface area contributed by atoms with Crippen LogP contribution in [0.3, 0.4) is 0 Å². The second-order valence-corrected chi connectivity index (χ2v) is 7.33. The van der Waals surface area contributed by atoms with Gasteiger partial charge in [-0.15, -0.1) is 0 Å². The fraction of sp³-hybridized carbons (Fsp3) is 0.200. The number of nitrogens with one attached hydrogen (secondary N) is 1. The minimum Gasteiger partial charge on any atom is -0.486 e. The average Bonchev–Trinajstić information content (AvgIpc) is 2.74. The van der Waals surface area contributed by atoms with Crippen LogP contribution in [0, 0.1) is 11.3 Å². The number of nitriles is 1. The summed E-state index contributed by atoms with van der Waals surface area (Å²) in [6.45, 7) is 3.58. The minimum atomic E-state index is -0.232. The van der Waals surface area contributed by atoms with E-state index in [-0.39, 0.29) is 12.0 Å². The molecule has 150 valence electrons. The Morgan fingerprint density at radius 1 is 1.10 bits per heavy atom. The summed E-state index contributed by atoms with van der Waals surface area (Å²) >= 11 is 0. The van der Waals surface area contributed by atoms with Gasteiger partial charge in [-0.25, -0.2) is 0 Å². The second-order valence-electron chi connectivity index (χ2n) is 7.33. The summed E-state index contributed by atoms with van der Waals surface area (Å²) in [6, 6.07) is 24.3. The highest BCUT2D eigenvalue weighted by Crippen LogP contribution is 2.27. The van der Waals surface area contributed by atoms with Crippen LogP contribution < -0.4 is 10.1 Å². The van der Waals surface area contributed by atoms with Crippen molar-refractivity contribution >= 4 is 11.6 Å². The molecular weight excluding hydrogens is 376 g/mol. The molecule has 1 N–H and O–H groups in total. The van der Waals surface area contributed by atoms with Crippen molar-refractivity contribution in [2.45, 2.75) is 18.9 Å². The van der Waals surface area contributed by atoms with E-state index in [0.717, 1.165) is 18.8 Å². The first-order valence-electron chi connectivity index (χ1n) is 9.88. The third kappa shape index (κ3) is 4.51. The first kappa shape index (κ1) is 19.7. The lowest BCUT2D eigenvalue weighted by atomic mass is 9.96. The Bertz CT molecular complexity index is 1060. The highest BCUT2D eigenvalue weighted by Gasteiger charge is 2.20. The number of hydrogen-bond acceptors (Lipinski definition) is 4.